The molecular formula is C33H33N3O5. The van der Waals surface area contributed by atoms with Crippen LogP contribution in [-0.2, 0) is 13.0 Å². The van der Waals surface area contributed by atoms with Crippen LogP contribution in [0, 0.1) is 26.2 Å². The molecule has 4 rings (SSSR count). The molecule has 0 radical (unpaired) electrons. The molecule has 0 saturated carbocycles. The van der Waals surface area contributed by atoms with Gasteiger partial charge in [0.15, 0.2) is 17.3 Å². The lowest BCUT2D eigenvalue weighted by molar-refractivity contribution is 0.0923. The third kappa shape index (κ3) is 7.28. The van der Waals surface area contributed by atoms with Crippen LogP contribution in [0.4, 0.5) is 0 Å². The molecule has 0 aliphatic carbocycles. The van der Waals surface area contributed by atoms with Gasteiger partial charge in [0, 0.05) is 22.6 Å². The van der Waals surface area contributed by atoms with E-state index in [1.165, 1.54) is 6.21 Å². The molecule has 2 aromatic carbocycles. The lowest BCUT2D eigenvalue weighted by Gasteiger charge is -2.15. The monoisotopic (exact) mass is 551 g/mol. The van der Waals surface area contributed by atoms with E-state index < -0.39 is 5.91 Å². The highest BCUT2D eigenvalue weighted by Gasteiger charge is 2.14. The van der Waals surface area contributed by atoms with Crippen molar-refractivity contribution in [2.75, 3.05) is 13.2 Å². The Hall–Kier alpha value is -5.16. The van der Waals surface area contributed by atoms with Gasteiger partial charge < -0.3 is 23.2 Å². The molecule has 0 bridgehead atoms. The van der Waals surface area contributed by atoms with E-state index in [9.17, 15) is 4.79 Å². The number of aromatic nitrogens is 1. The zero-order chi connectivity index (χ0) is 29.2. The van der Waals surface area contributed by atoms with Crippen molar-refractivity contribution in [1.29, 1.82) is 0 Å². The number of nitrogens with one attached hydrogen (secondary N) is 1. The van der Waals surface area contributed by atoms with Crippen LogP contribution in [0.3, 0.4) is 0 Å². The smallest absolute Gasteiger partial charge is 0.307 e. The highest BCUT2D eigenvalue weighted by atomic mass is 16.5. The Morgan fingerprint density at radius 3 is 2.51 bits per heavy atom. The molecule has 2 aromatic heterocycles. The summed E-state index contributed by atoms with van der Waals surface area (Å²) in [6, 6.07) is 18.9. The van der Waals surface area contributed by atoms with Gasteiger partial charge in [-0.15, -0.1) is 13.0 Å². The fourth-order valence-electron chi connectivity index (χ4n) is 4.33. The minimum absolute atomic E-state index is 0.115. The SMILES string of the molecule is C#CCOc1c(CC=C)cc(/C=N/NC(=O)c2ccc(COc3ccc(-n4c(C)ccc4C)cc3)o2)cc1OCC. The number of rotatable bonds is 13. The van der Waals surface area contributed by atoms with E-state index in [0.29, 0.717) is 41.6 Å². The molecule has 1 amide bonds. The van der Waals surface area contributed by atoms with Gasteiger partial charge in [0.25, 0.3) is 0 Å². The number of ether oxygens (including phenoxy) is 3. The summed E-state index contributed by atoms with van der Waals surface area (Å²) in [6.45, 7) is 10.6. The highest BCUT2D eigenvalue weighted by Crippen LogP contribution is 2.33. The maximum Gasteiger partial charge on any atom is 0.307 e. The van der Waals surface area contributed by atoms with Crippen LogP contribution in [0.2, 0.25) is 0 Å². The molecule has 2 heterocycles. The molecule has 0 spiro atoms. The van der Waals surface area contributed by atoms with Crippen molar-refractivity contribution in [3.05, 3.63) is 107 Å². The van der Waals surface area contributed by atoms with E-state index >= 15 is 0 Å². The van der Waals surface area contributed by atoms with Gasteiger partial charge in [0.05, 0.1) is 12.8 Å². The second-order valence-corrected chi connectivity index (χ2v) is 9.13. The summed E-state index contributed by atoms with van der Waals surface area (Å²) in [5, 5.41) is 4.08. The van der Waals surface area contributed by atoms with Crippen molar-refractivity contribution >= 4 is 12.1 Å². The van der Waals surface area contributed by atoms with Crippen LogP contribution in [0.1, 0.15) is 45.8 Å². The molecule has 0 fully saturated rings. The molecule has 41 heavy (non-hydrogen) atoms. The van der Waals surface area contributed by atoms with E-state index in [1.54, 1.807) is 24.3 Å². The molecule has 4 aromatic rings. The van der Waals surface area contributed by atoms with Gasteiger partial charge in [-0.3, -0.25) is 4.79 Å². The summed E-state index contributed by atoms with van der Waals surface area (Å²) in [6.07, 6.45) is 9.18. The Morgan fingerprint density at radius 1 is 1.07 bits per heavy atom. The number of terminal acetylenes is 1. The molecule has 0 aliphatic rings. The second-order valence-electron chi connectivity index (χ2n) is 9.13. The number of amides is 1. The summed E-state index contributed by atoms with van der Waals surface area (Å²) < 4.78 is 25.1. The number of carbonyl (C=O) groups is 1. The van der Waals surface area contributed by atoms with Gasteiger partial charge >= 0.3 is 5.91 Å². The lowest BCUT2D eigenvalue weighted by atomic mass is 10.1. The number of hydrazone groups is 1. The number of carbonyl (C=O) groups excluding carboxylic acids is 1. The summed E-state index contributed by atoms with van der Waals surface area (Å²) >= 11 is 0. The van der Waals surface area contributed by atoms with Crippen molar-refractivity contribution in [3.8, 4) is 35.3 Å². The van der Waals surface area contributed by atoms with Crippen LogP contribution in [0.15, 0.2) is 82.8 Å². The molecule has 8 heteroatoms. The Kier molecular flexibility index (Phi) is 9.68. The zero-order valence-electron chi connectivity index (χ0n) is 23.5. The standard InChI is InChI=1S/C33H33N3O5/c1-6-9-26-19-25(20-31(38-8-3)32(26)39-18-7-2)21-34-35-33(37)30-17-16-29(41-30)22-40-28-14-12-27(13-15-28)36-23(4)10-11-24(36)5/h2,6,10-17,19-21H,1,8-9,18,22H2,3-5H3,(H,35,37)/b34-21+. The Labute approximate surface area is 240 Å². The predicted molar refractivity (Wildman–Crippen MR) is 159 cm³/mol. The van der Waals surface area contributed by atoms with Crippen LogP contribution in [-0.4, -0.2) is 29.9 Å². The van der Waals surface area contributed by atoms with Crippen LogP contribution < -0.4 is 19.6 Å². The first-order valence-electron chi connectivity index (χ1n) is 13.2. The highest BCUT2D eigenvalue weighted by molar-refractivity contribution is 5.92. The van der Waals surface area contributed by atoms with Crippen LogP contribution >= 0.6 is 0 Å². The normalized spacial score (nSPS) is 10.8. The van der Waals surface area contributed by atoms with Crippen molar-refractivity contribution < 1.29 is 23.4 Å². The topological polar surface area (TPSA) is 87.2 Å². The van der Waals surface area contributed by atoms with E-state index in [1.807, 2.05) is 37.3 Å². The van der Waals surface area contributed by atoms with Crippen LogP contribution in [0.25, 0.3) is 5.69 Å². The van der Waals surface area contributed by atoms with Gasteiger partial charge in [-0.05, 0) is 93.4 Å². The number of benzene rings is 2. The van der Waals surface area contributed by atoms with Gasteiger partial charge in [-0.2, -0.15) is 5.10 Å². The van der Waals surface area contributed by atoms with Gasteiger partial charge in [0.1, 0.15) is 24.7 Å². The number of hydrogen-bond acceptors (Lipinski definition) is 6. The molecule has 0 saturated heterocycles. The minimum atomic E-state index is -0.486. The largest absolute Gasteiger partial charge is 0.490 e. The zero-order valence-corrected chi connectivity index (χ0v) is 23.5. The Bertz CT molecular complexity index is 1550. The minimum Gasteiger partial charge on any atom is -0.490 e. The Morgan fingerprint density at radius 2 is 1.83 bits per heavy atom. The number of furan rings is 1. The maximum atomic E-state index is 12.6. The van der Waals surface area contributed by atoms with Gasteiger partial charge in [0.2, 0.25) is 0 Å². The quantitative estimate of drug-likeness (QED) is 0.0930. The molecule has 0 unspecified atom stereocenters. The number of hydrogen-bond donors (Lipinski definition) is 1. The fourth-order valence-corrected chi connectivity index (χ4v) is 4.33. The van der Waals surface area contributed by atoms with Crippen molar-refractivity contribution in [3.63, 3.8) is 0 Å². The average Bonchev–Trinajstić information content (AvgIpc) is 3.58. The number of aryl methyl sites for hydroxylation is 2. The number of nitrogens with zero attached hydrogens (tertiary/aromatic N) is 2. The van der Waals surface area contributed by atoms with Gasteiger partial charge in [-0.1, -0.05) is 12.0 Å². The average molecular weight is 552 g/mol. The first kappa shape index (κ1) is 28.8. The summed E-state index contributed by atoms with van der Waals surface area (Å²) in [7, 11) is 0. The third-order valence-corrected chi connectivity index (χ3v) is 6.13. The maximum absolute atomic E-state index is 12.6. The molecular weight excluding hydrogens is 518 g/mol. The van der Waals surface area contributed by atoms with E-state index in [-0.39, 0.29) is 19.0 Å². The second kappa shape index (κ2) is 13.8. The molecule has 210 valence electrons. The molecule has 0 aliphatic heterocycles. The number of allylic oxidation sites excluding steroid dienone is 1. The van der Waals surface area contributed by atoms with Crippen molar-refractivity contribution in [2.24, 2.45) is 5.10 Å². The predicted octanol–water partition coefficient (Wildman–Crippen LogP) is 6.17. The molecule has 1 N–H and O–H groups in total. The first-order valence-corrected chi connectivity index (χ1v) is 13.2. The summed E-state index contributed by atoms with van der Waals surface area (Å²) in [5.41, 5.74) is 7.43. The first-order chi connectivity index (χ1) is 19.9. The molecule has 0 atom stereocenters. The van der Waals surface area contributed by atoms with Gasteiger partial charge in [-0.25, -0.2) is 5.43 Å². The fraction of sp³-hybridized carbons (Fsp3) is 0.212. The van der Waals surface area contributed by atoms with E-state index in [4.69, 9.17) is 25.1 Å². The Balaban J connectivity index is 1.36. The third-order valence-electron chi connectivity index (χ3n) is 6.13. The van der Waals surface area contributed by atoms with E-state index in [0.717, 1.165) is 22.6 Å². The summed E-state index contributed by atoms with van der Waals surface area (Å²) in [5.74, 6) is 4.41. The van der Waals surface area contributed by atoms with E-state index in [2.05, 4.69) is 53.6 Å². The van der Waals surface area contributed by atoms with Crippen LogP contribution in [0.5, 0.6) is 17.2 Å². The van der Waals surface area contributed by atoms with Crippen molar-refractivity contribution in [2.45, 2.75) is 33.8 Å². The van der Waals surface area contributed by atoms with Crippen molar-refractivity contribution in [1.82, 2.24) is 9.99 Å². The summed E-state index contributed by atoms with van der Waals surface area (Å²) in [4.78, 5) is 12.6. The molecule has 8 nitrogen and oxygen atoms in total. The lowest BCUT2D eigenvalue weighted by Crippen LogP contribution is -2.16.